The Morgan fingerprint density at radius 3 is 2.56 bits per heavy atom. The molecular formula is C14H15NO3. The summed E-state index contributed by atoms with van der Waals surface area (Å²) in [6, 6.07) is 8.28. The number of benzene rings is 1. The summed E-state index contributed by atoms with van der Waals surface area (Å²) in [6.07, 6.45) is 2.39. The molecular weight excluding hydrogens is 230 g/mol. The lowest BCUT2D eigenvalue weighted by atomic mass is 9.95. The van der Waals surface area contributed by atoms with E-state index in [1.165, 1.54) is 0 Å². The molecule has 2 rings (SSSR count). The molecule has 1 aromatic rings. The first-order valence-corrected chi connectivity index (χ1v) is 6.10. The summed E-state index contributed by atoms with van der Waals surface area (Å²) in [4.78, 5) is 11.8. The lowest BCUT2D eigenvalue weighted by Gasteiger charge is -2.27. The van der Waals surface area contributed by atoms with E-state index in [2.05, 4.69) is 0 Å². The van der Waals surface area contributed by atoms with Gasteiger partial charge < -0.3 is 9.84 Å². The highest BCUT2D eigenvalue weighted by atomic mass is 16.6. The van der Waals surface area contributed by atoms with Crippen LogP contribution in [0.15, 0.2) is 24.3 Å². The Morgan fingerprint density at radius 2 is 1.94 bits per heavy atom. The third-order valence-electron chi connectivity index (χ3n) is 3.18. The van der Waals surface area contributed by atoms with Gasteiger partial charge in [0.1, 0.15) is 6.10 Å². The number of nitrogens with zero attached hydrogens (tertiary/aromatic N) is 1. The number of carbonyl (C=O) groups excluding carboxylic acids is 1. The van der Waals surface area contributed by atoms with Crippen molar-refractivity contribution in [3.63, 3.8) is 0 Å². The van der Waals surface area contributed by atoms with Crippen LogP contribution in [0.5, 0.6) is 0 Å². The molecule has 18 heavy (non-hydrogen) atoms. The Kier molecular flexibility index (Phi) is 3.96. The molecule has 4 heteroatoms. The van der Waals surface area contributed by atoms with Crippen LogP contribution in [0.1, 0.15) is 41.6 Å². The monoisotopic (exact) mass is 245 g/mol. The molecule has 1 saturated carbocycles. The number of hydrogen-bond donors (Lipinski definition) is 1. The van der Waals surface area contributed by atoms with E-state index in [0.29, 0.717) is 24.0 Å². The molecule has 4 nitrogen and oxygen atoms in total. The fourth-order valence-electron chi connectivity index (χ4n) is 2.10. The normalized spacial score (nSPS) is 23.1. The van der Waals surface area contributed by atoms with Crippen LogP contribution < -0.4 is 0 Å². The summed E-state index contributed by atoms with van der Waals surface area (Å²) in [6.45, 7) is 0. The summed E-state index contributed by atoms with van der Waals surface area (Å²) in [5, 5.41) is 18.4. The van der Waals surface area contributed by atoms with Crippen molar-refractivity contribution in [2.24, 2.45) is 0 Å². The van der Waals surface area contributed by atoms with Gasteiger partial charge in [0, 0.05) is 0 Å². The number of esters is 1. The lowest BCUT2D eigenvalue weighted by molar-refractivity contribution is -0.0360. The molecule has 1 fully saturated rings. The molecule has 1 aliphatic carbocycles. The van der Waals surface area contributed by atoms with Gasteiger partial charge in [-0.3, -0.25) is 0 Å². The Morgan fingerprint density at radius 1 is 1.28 bits per heavy atom. The average molecular weight is 245 g/mol. The van der Waals surface area contributed by atoms with Gasteiger partial charge in [-0.2, -0.15) is 5.26 Å². The molecule has 0 unspecified atom stereocenters. The van der Waals surface area contributed by atoms with Crippen molar-refractivity contribution in [1.82, 2.24) is 0 Å². The largest absolute Gasteiger partial charge is 0.456 e. The number of rotatable bonds is 2. The van der Waals surface area contributed by atoms with Gasteiger partial charge in [0.25, 0.3) is 0 Å². The minimum atomic E-state index is -0.555. The Bertz CT molecular complexity index is 461. The molecule has 1 aliphatic rings. The number of aliphatic hydroxyl groups is 1. The molecule has 0 amide bonds. The predicted molar refractivity (Wildman–Crippen MR) is 64.8 cm³/mol. The van der Waals surface area contributed by atoms with Crippen molar-refractivity contribution in [3.05, 3.63) is 35.4 Å². The van der Waals surface area contributed by atoms with Gasteiger partial charge in [-0.05, 0) is 43.5 Å². The third kappa shape index (κ3) is 2.88. The van der Waals surface area contributed by atoms with Gasteiger partial charge in [-0.1, -0.05) is 6.42 Å². The highest BCUT2D eigenvalue weighted by molar-refractivity contribution is 5.89. The summed E-state index contributed by atoms with van der Waals surface area (Å²) in [5.41, 5.74) is 0.913. The van der Waals surface area contributed by atoms with Gasteiger partial charge in [-0.25, -0.2) is 4.79 Å². The quantitative estimate of drug-likeness (QED) is 0.809. The van der Waals surface area contributed by atoms with E-state index in [0.717, 1.165) is 12.8 Å². The zero-order valence-corrected chi connectivity index (χ0v) is 10.0. The minimum Gasteiger partial charge on any atom is -0.456 e. The highest BCUT2D eigenvalue weighted by Crippen LogP contribution is 2.22. The van der Waals surface area contributed by atoms with E-state index < -0.39 is 18.2 Å². The Balaban J connectivity index is 2.00. The van der Waals surface area contributed by atoms with Gasteiger partial charge in [0.2, 0.25) is 0 Å². The number of carbonyl (C=O) groups is 1. The molecule has 0 saturated heterocycles. The number of ether oxygens (including phenoxy) is 1. The van der Waals surface area contributed by atoms with Gasteiger partial charge in [-0.15, -0.1) is 0 Å². The molecule has 0 heterocycles. The van der Waals surface area contributed by atoms with Crippen molar-refractivity contribution in [3.8, 4) is 6.07 Å². The molecule has 0 aliphatic heterocycles. The van der Waals surface area contributed by atoms with Crippen molar-refractivity contribution in [2.75, 3.05) is 0 Å². The maximum absolute atomic E-state index is 11.8. The highest BCUT2D eigenvalue weighted by Gasteiger charge is 2.26. The number of hydrogen-bond acceptors (Lipinski definition) is 4. The van der Waals surface area contributed by atoms with E-state index >= 15 is 0 Å². The summed E-state index contributed by atoms with van der Waals surface area (Å²) >= 11 is 0. The van der Waals surface area contributed by atoms with Crippen molar-refractivity contribution in [2.45, 2.75) is 37.9 Å². The number of aliphatic hydroxyl groups excluding tert-OH is 1. The smallest absolute Gasteiger partial charge is 0.338 e. The Hall–Kier alpha value is -1.86. The molecule has 94 valence electrons. The van der Waals surface area contributed by atoms with Crippen LogP contribution >= 0.6 is 0 Å². The second-order valence-corrected chi connectivity index (χ2v) is 4.48. The van der Waals surface area contributed by atoms with Crippen LogP contribution in [0.3, 0.4) is 0 Å². The molecule has 0 spiro atoms. The fraction of sp³-hybridized carbons (Fsp3) is 0.429. The van der Waals surface area contributed by atoms with Crippen LogP contribution in [0.25, 0.3) is 0 Å². The minimum absolute atomic E-state index is 0.401. The maximum atomic E-state index is 11.8. The second-order valence-electron chi connectivity index (χ2n) is 4.48. The summed E-state index contributed by atoms with van der Waals surface area (Å²) in [7, 11) is 0. The number of nitriles is 1. The lowest BCUT2D eigenvalue weighted by Crippen LogP contribution is -2.34. The first kappa shape index (κ1) is 12.6. The molecule has 0 aromatic heterocycles. The molecule has 0 bridgehead atoms. The van der Waals surface area contributed by atoms with Crippen LogP contribution in [0.2, 0.25) is 0 Å². The summed E-state index contributed by atoms with van der Waals surface area (Å²) < 4.78 is 5.29. The molecule has 2 atom stereocenters. The molecule has 1 aromatic carbocycles. The van der Waals surface area contributed by atoms with Gasteiger partial charge in [0.05, 0.1) is 23.3 Å². The van der Waals surface area contributed by atoms with E-state index in [9.17, 15) is 9.90 Å². The van der Waals surface area contributed by atoms with E-state index in [4.69, 9.17) is 10.00 Å². The Labute approximate surface area is 106 Å². The third-order valence-corrected chi connectivity index (χ3v) is 3.18. The predicted octanol–water partition coefficient (Wildman–Crippen LogP) is 2.02. The second kappa shape index (κ2) is 5.65. The fourth-order valence-corrected chi connectivity index (χ4v) is 2.10. The van der Waals surface area contributed by atoms with Gasteiger partial charge >= 0.3 is 5.97 Å². The van der Waals surface area contributed by atoms with Crippen LogP contribution in [-0.4, -0.2) is 23.3 Å². The topological polar surface area (TPSA) is 70.3 Å². The van der Waals surface area contributed by atoms with E-state index in [1.807, 2.05) is 6.07 Å². The first-order valence-electron chi connectivity index (χ1n) is 6.10. The first-order chi connectivity index (χ1) is 8.70. The zero-order chi connectivity index (χ0) is 13.0. The SMILES string of the molecule is N#Cc1ccc(C(=O)O[C@@H]2CCCC[C@@H]2O)cc1. The van der Waals surface area contributed by atoms with E-state index in [-0.39, 0.29) is 0 Å². The standard InChI is InChI=1S/C14H15NO3/c15-9-10-5-7-11(8-6-10)14(17)18-13-4-2-1-3-12(13)16/h5-8,12-13,16H,1-4H2/t12-,13+/m0/s1. The van der Waals surface area contributed by atoms with Crippen molar-refractivity contribution < 1.29 is 14.6 Å². The average Bonchev–Trinajstić information content (AvgIpc) is 2.41. The molecule has 0 radical (unpaired) electrons. The zero-order valence-electron chi connectivity index (χ0n) is 10.0. The van der Waals surface area contributed by atoms with Crippen LogP contribution in [-0.2, 0) is 4.74 Å². The van der Waals surface area contributed by atoms with Crippen LogP contribution in [0, 0.1) is 11.3 Å². The van der Waals surface area contributed by atoms with Crippen molar-refractivity contribution >= 4 is 5.97 Å². The molecule has 1 N–H and O–H groups in total. The summed E-state index contributed by atoms with van der Waals surface area (Å²) in [5.74, 6) is -0.439. The maximum Gasteiger partial charge on any atom is 0.338 e. The van der Waals surface area contributed by atoms with E-state index in [1.54, 1.807) is 24.3 Å². The van der Waals surface area contributed by atoms with Crippen molar-refractivity contribution in [1.29, 1.82) is 5.26 Å². The van der Waals surface area contributed by atoms with Gasteiger partial charge in [0.15, 0.2) is 0 Å². The van der Waals surface area contributed by atoms with Crippen LogP contribution in [0.4, 0.5) is 0 Å².